The van der Waals surface area contributed by atoms with Crippen molar-refractivity contribution in [2.75, 3.05) is 24.7 Å². The number of sulfone groups is 1. The fraction of sp³-hybridized carbons (Fsp3) is 0.611. The third-order valence-corrected chi connectivity index (χ3v) is 6.26. The fourth-order valence-electron chi connectivity index (χ4n) is 3.03. The first-order valence-corrected chi connectivity index (χ1v) is 12.0. The molecule has 0 saturated carbocycles. The van der Waals surface area contributed by atoms with E-state index in [-0.39, 0.29) is 23.9 Å². The molecule has 2 aromatic heterocycles. The van der Waals surface area contributed by atoms with Crippen LogP contribution in [-0.4, -0.2) is 65.5 Å². The first-order chi connectivity index (χ1) is 13.5. The summed E-state index contributed by atoms with van der Waals surface area (Å²) in [5, 5.41) is 13.2. The first-order valence-electron chi connectivity index (χ1n) is 9.32. The lowest BCUT2D eigenvalue weighted by Gasteiger charge is -2.34. The number of aliphatic hydroxyl groups is 1. The minimum absolute atomic E-state index is 0.0247. The minimum atomic E-state index is -3.58. The number of hydrogen-bond acceptors (Lipinski definition) is 9. The van der Waals surface area contributed by atoms with E-state index < -0.39 is 15.4 Å². The normalized spacial score (nSPS) is 16.2. The zero-order valence-corrected chi connectivity index (χ0v) is 18.6. The third-order valence-electron chi connectivity index (χ3n) is 4.40. The Morgan fingerprint density at radius 3 is 2.55 bits per heavy atom. The van der Waals surface area contributed by atoms with Crippen molar-refractivity contribution in [1.82, 2.24) is 14.9 Å². The zero-order valence-electron chi connectivity index (χ0n) is 16.9. The quantitative estimate of drug-likeness (QED) is 0.692. The maximum Gasteiger partial charge on any atom is 0.410 e. The number of ether oxygens (including phenoxy) is 1. The van der Waals surface area contributed by atoms with E-state index in [2.05, 4.69) is 15.3 Å². The molecule has 3 heterocycles. The highest BCUT2D eigenvalue weighted by Crippen LogP contribution is 2.31. The highest BCUT2D eigenvalue weighted by Gasteiger charge is 2.28. The van der Waals surface area contributed by atoms with Gasteiger partial charge in [-0.3, -0.25) is 0 Å². The number of aliphatic hydroxyl groups excluding tert-OH is 1. The number of thiophene rings is 1. The van der Waals surface area contributed by atoms with Crippen molar-refractivity contribution >= 4 is 43.3 Å². The Kier molecular flexibility index (Phi) is 6.02. The van der Waals surface area contributed by atoms with Gasteiger partial charge in [-0.05, 0) is 39.7 Å². The van der Waals surface area contributed by atoms with Crippen LogP contribution in [0.15, 0.2) is 11.2 Å². The number of likely N-dealkylation sites (tertiary alicyclic amines) is 1. The summed E-state index contributed by atoms with van der Waals surface area (Å²) in [6, 6.07) is 1.79. The van der Waals surface area contributed by atoms with E-state index in [4.69, 9.17) is 4.74 Å². The molecule has 0 bridgehead atoms. The van der Waals surface area contributed by atoms with Crippen LogP contribution in [0.1, 0.15) is 38.5 Å². The van der Waals surface area contributed by atoms with Crippen LogP contribution in [0.25, 0.3) is 10.2 Å². The van der Waals surface area contributed by atoms with E-state index in [1.54, 1.807) is 11.0 Å². The molecule has 9 nitrogen and oxygen atoms in total. The average molecular weight is 443 g/mol. The second-order valence-electron chi connectivity index (χ2n) is 8.10. The van der Waals surface area contributed by atoms with E-state index >= 15 is 0 Å². The lowest BCUT2D eigenvalue weighted by atomic mass is 10.1. The van der Waals surface area contributed by atoms with Crippen LogP contribution in [0.2, 0.25) is 0 Å². The number of carbonyl (C=O) groups excluding carboxylic acids is 1. The van der Waals surface area contributed by atoms with Gasteiger partial charge in [0.05, 0.1) is 12.0 Å². The van der Waals surface area contributed by atoms with Gasteiger partial charge in [-0.2, -0.15) is 0 Å². The lowest BCUT2D eigenvalue weighted by molar-refractivity contribution is 0.0210. The van der Waals surface area contributed by atoms with Crippen molar-refractivity contribution in [1.29, 1.82) is 0 Å². The number of fused-ring (bicyclic) bond motifs is 1. The molecule has 1 saturated heterocycles. The molecular weight excluding hydrogens is 416 g/mol. The molecule has 11 heteroatoms. The van der Waals surface area contributed by atoms with Crippen molar-refractivity contribution in [2.24, 2.45) is 0 Å². The molecule has 0 aromatic carbocycles. The van der Waals surface area contributed by atoms with Crippen LogP contribution in [0.4, 0.5) is 10.6 Å². The van der Waals surface area contributed by atoms with Gasteiger partial charge in [0.1, 0.15) is 16.2 Å². The molecule has 1 aliphatic rings. The van der Waals surface area contributed by atoms with Crippen molar-refractivity contribution in [3.05, 3.63) is 10.9 Å². The first kappa shape index (κ1) is 21.7. The zero-order chi connectivity index (χ0) is 21.4. The Labute approximate surface area is 174 Å². The summed E-state index contributed by atoms with van der Waals surface area (Å²) in [5.74, 6) is 0.432. The van der Waals surface area contributed by atoms with Crippen LogP contribution in [0, 0.1) is 0 Å². The Morgan fingerprint density at radius 2 is 2.00 bits per heavy atom. The van der Waals surface area contributed by atoms with E-state index in [9.17, 15) is 18.3 Å². The SMILES string of the molecule is CC(C)(C)OC(=O)N1CCC(Nc2nc(S(C)(=O)=O)nc3sc(CO)cc23)CC1. The lowest BCUT2D eigenvalue weighted by Crippen LogP contribution is -2.44. The summed E-state index contributed by atoms with van der Waals surface area (Å²) in [6.45, 7) is 6.42. The standard InChI is InChI=1S/C18H26N4O5S2/c1-18(2,3)27-17(24)22-7-5-11(6-8-22)19-14-13-9-12(10-23)28-15(13)21-16(20-14)29(4,25)26/h9,11,23H,5-8,10H2,1-4H3,(H,19,20,21). The van der Waals surface area contributed by atoms with E-state index in [0.717, 1.165) is 6.26 Å². The van der Waals surface area contributed by atoms with Gasteiger partial charge in [-0.15, -0.1) is 11.3 Å². The van der Waals surface area contributed by atoms with Gasteiger partial charge in [0.15, 0.2) is 0 Å². The number of nitrogens with zero attached hydrogens (tertiary/aromatic N) is 3. The molecule has 2 N–H and O–H groups in total. The third kappa shape index (κ3) is 5.34. The molecule has 1 fully saturated rings. The number of rotatable bonds is 4. The largest absolute Gasteiger partial charge is 0.444 e. The van der Waals surface area contributed by atoms with Crippen LogP contribution >= 0.6 is 11.3 Å². The second kappa shape index (κ2) is 8.04. The molecule has 0 aliphatic carbocycles. The second-order valence-corrected chi connectivity index (χ2v) is 11.1. The van der Waals surface area contributed by atoms with Crippen molar-refractivity contribution in [3.63, 3.8) is 0 Å². The molecule has 0 unspecified atom stereocenters. The van der Waals surface area contributed by atoms with Crippen LogP contribution in [0.5, 0.6) is 0 Å². The molecular formula is C18H26N4O5S2. The number of anilines is 1. The number of carbonyl (C=O) groups is 1. The van der Waals surface area contributed by atoms with Gasteiger partial charge >= 0.3 is 6.09 Å². The summed E-state index contributed by atoms with van der Waals surface area (Å²) >= 11 is 1.24. The Bertz CT molecular complexity index is 1010. The van der Waals surface area contributed by atoms with Crippen LogP contribution in [-0.2, 0) is 21.2 Å². The summed E-state index contributed by atoms with van der Waals surface area (Å²) < 4.78 is 29.4. The molecule has 0 spiro atoms. The molecule has 3 rings (SSSR count). The molecule has 0 radical (unpaired) electrons. The predicted octanol–water partition coefficient (Wildman–Crippen LogP) is 2.40. The van der Waals surface area contributed by atoms with Crippen molar-refractivity contribution in [2.45, 2.75) is 57.0 Å². The molecule has 1 aliphatic heterocycles. The monoisotopic (exact) mass is 442 g/mol. The number of amides is 1. The fourth-order valence-corrected chi connectivity index (χ4v) is 4.49. The summed E-state index contributed by atoms with van der Waals surface area (Å²) in [7, 11) is -3.58. The highest BCUT2D eigenvalue weighted by molar-refractivity contribution is 7.90. The summed E-state index contributed by atoms with van der Waals surface area (Å²) in [6.07, 6.45) is 2.09. The Balaban J connectivity index is 1.77. The number of hydrogen-bond donors (Lipinski definition) is 2. The number of aromatic nitrogens is 2. The predicted molar refractivity (Wildman–Crippen MR) is 111 cm³/mol. The Hall–Kier alpha value is -1.98. The maximum absolute atomic E-state index is 12.2. The Morgan fingerprint density at radius 1 is 1.34 bits per heavy atom. The van der Waals surface area contributed by atoms with Gasteiger partial charge in [0.2, 0.25) is 15.0 Å². The molecule has 29 heavy (non-hydrogen) atoms. The van der Waals surface area contributed by atoms with Gasteiger partial charge in [0.25, 0.3) is 0 Å². The van der Waals surface area contributed by atoms with E-state index in [0.29, 0.717) is 46.8 Å². The van der Waals surface area contributed by atoms with E-state index in [1.807, 2.05) is 20.8 Å². The van der Waals surface area contributed by atoms with Crippen LogP contribution < -0.4 is 5.32 Å². The summed E-state index contributed by atoms with van der Waals surface area (Å²) in [5.41, 5.74) is -0.538. The maximum atomic E-state index is 12.2. The van der Waals surface area contributed by atoms with Crippen LogP contribution in [0.3, 0.4) is 0 Å². The van der Waals surface area contributed by atoms with Gasteiger partial charge < -0.3 is 20.1 Å². The minimum Gasteiger partial charge on any atom is -0.444 e. The van der Waals surface area contributed by atoms with Gasteiger partial charge in [0, 0.05) is 30.3 Å². The van der Waals surface area contributed by atoms with E-state index in [1.165, 1.54) is 11.3 Å². The molecule has 0 atom stereocenters. The molecule has 2 aromatic rings. The average Bonchev–Trinajstić information content (AvgIpc) is 3.03. The molecule has 160 valence electrons. The smallest absolute Gasteiger partial charge is 0.410 e. The summed E-state index contributed by atoms with van der Waals surface area (Å²) in [4.78, 5) is 23.5. The number of piperidine rings is 1. The van der Waals surface area contributed by atoms with Crippen molar-refractivity contribution in [3.8, 4) is 0 Å². The molecule has 1 amide bonds. The van der Waals surface area contributed by atoms with Gasteiger partial charge in [-0.25, -0.2) is 23.2 Å². The van der Waals surface area contributed by atoms with Crippen molar-refractivity contribution < 1.29 is 23.1 Å². The number of nitrogens with one attached hydrogen (secondary N) is 1. The topological polar surface area (TPSA) is 122 Å². The highest BCUT2D eigenvalue weighted by atomic mass is 32.2. The van der Waals surface area contributed by atoms with Gasteiger partial charge in [-0.1, -0.05) is 0 Å².